The molecule has 0 radical (unpaired) electrons. The van der Waals surface area contributed by atoms with Gasteiger partial charge in [-0.05, 0) is 42.5 Å². The first-order valence-electron chi connectivity index (χ1n) is 7.10. The standard InChI is InChI=1S/C15H17N3O3S.ClH/c16-8-10-3-5-18(9-10)15(20)11-4-7-22-14(11)17-13(19)12-2-1-6-21-12;/h1-2,4,6-7,10H,3,5,8-9,16H2,(H,17,19);1H. The van der Waals surface area contributed by atoms with Crippen LogP contribution in [0.3, 0.4) is 0 Å². The molecule has 6 nitrogen and oxygen atoms in total. The first-order chi connectivity index (χ1) is 10.7. The molecule has 1 aliphatic rings. The number of hydrogen-bond donors (Lipinski definition) is 2. The van der Waals surface area contributed by atoms with Crippen LogP contribution in [-0.4, -0.2) is 36.3 Å². The predicted molar refractivity (Wildman–Crippen MR) is 91.3 cm³/mol. The Morgan fingerprint density at radius 2 is 2.26 bits per heavy atom. The molecule has 2 aromatic rings. The molecule has 1 atom stereocenters. The monoisotopic (exact) mass is 355 g/mol. The molecular formula is C15H18ClN3O3S. The van der Waals surface area contributed by atoms with Crippen molar-refractivity contribution in [2.75, 3.05) is 25.0 Å². The molecule has 3 heterocycles. The molecule has 0 aliphatic carbocycles. The molecule has 8 heteroatoms. The number of thiophene rings is 1. The highest BCUT2D eigenvalue weighted by Crippen LogP contribution is 2.27. The maximum Gasteiger partial charge on any atom is 0.291 e. The number of nitrogens with two attached hydrogens (primary N) is 1. The molecular weight excluding hydrogens is 338 g/mol. The Morgan fingerprint density at radius 3 is 2.91 bits per heavy atom. The lowest BCUT2D eigenvalue weighted by Crippen LogP contribution is -2.30. The molecule has 124 valence electrons. The first-order valence-corrected chi connectivity index (χ1v) is 7.98. The fraction of sp³-hybridized carbons (Fsp3) is 0.333. The van der Waals surface area contributed by atoms with E-state index < -0.39 is 0 Å². The number of hydrogen-bond acceptors (Lipinski definition) is 5. The van der Waals surface area contributed by atoms with E-state index in [-0.39, 0.29) is 30.0 Å². The summed E-state index contributed by atoms with van der Waals surface area (Å²) in [7, 11) is 0. The van der Waals surface area contributed by atoms with E-state index >= 15 is 0 Å². The van der Waals surface area contributed by atoms with Crippen molar-refractivity contribution in [3.05, 3.63) is 41.2 Å². The van der Waals surface area contributed by atoms with Crippen LogP contribution in [-0.2, 0) is 0 Å². The molecule has 23 heavy (non-hydrogen) atoms. The average molecular weight is 356 g/mol. The molecule has 2 aromatic heterocycles. The number of nitrogens with one attached hydrogen (secondary N) is 1. The minimum Gasteiger partial charge on any atom is -0.459 e. The highest BCUT2D eigenvalue weighted by molar-refractivity contribution is 7.14. The van der Waals surface area contributed by atoms with Gasteiger partial charge in [0, 0.05) is 13.1 Å². The minimum absolute atomic E-state index is 0. The van der Waals surface area contributed by atoms with Crippen LogP contribution in [0.2, 0.25) is 0 Å². The van der Waals surface area contributed by atoms with Crippen LogP contribution in [0.1, 0.15) is 27.3 Å². The molecule has 1 saturated heterocycles. The van der Waals surface area contributed by atoms with Crippen LogP contribution in [0.15, 0.2) is 34.3 Å². The van der Waals surface area contributed by atoms with Gasteiger partial charge in [-0.25, -0.2) is 0 Å². The van der Waals surface area contributed by atoms with Crippen LogP contribution in [0.5, 0.6) is 0 Å². The van der Waals surface area contributed by atoms with Gasteiger partial charge in [-0.2, -0.15) is 0 Å². The van der Waals surface area contributed by atoms with Crippen molar-refractivity contribution in [1.82, 2.24) is 4.90 Å². The summed E-state index contributed by atoms with van der Waals surface area (Å²) < 4.78 is 5.06. The summed E-state index contributed by atoms with van der Waals surface area (Å²) in [6, 6.07) is 4.96. The van der Waals surface area contributed by atoms with E-state index in [4.69, 9.17) is 10.2 Å². The molecule has 1 fully saturated rings. The van der Waals surface area contributed by atoms with Crippen molar-refractivity contribution >= 4 is 40.6 Å². The third kappa shape index (κ3) is 3.74. The number of furan rings is 1. The lowest BCUT2D eigenvalue weighted by molar-refractivity contribution is 0.0789. The van der Waals surface area contributed by atoms with Crippen molar-refractivity contribution < 1.29 is 14.0 Å². The van der Waals surface area contributed by atoms with Crippen LogP contribution in [0.25, 0.3) is 0 Å². The van der Waals surface area contributed by atoms with Gasteiger partial charge in [0.1, 0.15) is 5.00 Å². The number of likely N-dealkylation sites (tertiary alicyclic amines) is 1. The summed E-state index contributed by atoms with van der Waals surface area (Å²) in [6.45, 7) is 1.98. The van der Waals surface area contributed by atoms with E-state index in [1.807, 2.05) is 0 Å². The van der Waals surface area contributed by atoms with Gasteiger partial charge in [0.05, 0.1) is 11.8 Å². The van der Waals surface area contributed by atoms with E-state index in [1.165, 1.54) is 17.6 Å². The summed E-state index contributed by atoms with van der Waals surface area (Å²) in [5.41, 5.74) is 6.18. The van der Waals surface area contributed by atoms with Gasteiger partial charge >= 0.3 is 0 Å². The smallest absolute Gasteiger partial charge is 0.291 e. The minimum atomic E-state index is -0.359. The zero-order valence-electron chi connectivity index (χ0n) is 12.4. The number of carbonyl (C=O) groups is 2. The SMILES string of the molecule is Cl.NCC1CCN(C(=O)c2ccsc2NC(=O)c2ccco2)C1. The van der Waals surface area contributed by atoms with Crippen molar-refractivity contribution in [2.24, 2.45) is 11.7 Å². The lowest BCUT2D eigenvalue weighted by Gasteiger charge is -2.16. The summed E-state index contributed by atoms with van der Waals surface area (Å²) in [4.78, 5) is 26.4. The predicted octanol–water partition coefficient (Wildman–Crippen LogP) is 2.44. The van der Waals surface area contributed by atoms with Crippen molar-refractivity contribution in [2.45, 2.75) is 6.42 Å². The van der Waals surface area contributed by atoms with E-state index in [1.54, 1.807) is 28.5 Å². The maximum absolute atomic E-state index is 12.6. The fourth-order valence-electron chi connectivity index (χ4n) is 2.53. The zero-order valence-corrected chi connectivity index (χ0v) is 14.0. The topological polar surface area (TPSA) is 88.6 Å². The van der Waals surface area contributed by atoms with Crippen molar-refractivity contribution in [3.8, 4) is 0 Å². The quantitative estimate of drug-likeness (QED) is 0.881. The number of halogens is 1. The number of anilines is 1. The Balaban J connectivity index is 0.00000192. The van der Waals surface area contributed by atoms with Crippen LogP contribution in [0, 0.1) is 5.92 Å². The molecule has 1 aliphatic heterocycles. The first kappa shape index (κ1) is 17.5. The Bertz CT molecular complexity index is 671. The zero-order chi connectivity index (χ0) is 15.5. The molecule has 0 spiro atoms. The molecule has 0 aromatic carbocycles. The average Bonchev–Trinajstić information content (AvgIpc) is 3.26. The van der Waals surface area contributed by atoms with Gasteiger partial charge < -0.3 is 20.4 Å². The van der Waals surface area contributed by atoms with E-state index in [2.05, 4.69) is 5.32 Å². The van der Waals surface area contributed by atoms with Gasteiger partial charge in [-0.15, -0.1) is 23.7 Å². The second-order valence-corrected chi connectivity index (χ2v) is 6.15. The molecule has 1 unspecified atom stereocenters. The normalized spacial score (nSPS) is 16.9. The highest BCUT2D eigenvalue weighted by atomic mass is 35.5. The molecule has 3 rings (SSSR count). The Labute approximate surface area is 144 Å². The van der Waals surface area contributed by atoms with Gasteiger partial charge in [0.2, 0.25) is 0 Å². The summed E-state index contributed by atoms with van der Waals surface area (Å²) in [6.07, 6.45) is 2.37. The van der Waals surface area contributed by atoms with E-state index in [9.17, 15) is 9.59 Å². The number of rotatable bonds is 4. The molecule has 0 saturated carbocycles. The Morgan fingerprint density at radius 1 is 1.43 bits per heavy atom. The third-order valence-corrected chi connectivity index (χ3v) is 4.60. The van der Waals surface area contributed by atoms with Gasteiger partial charge in [0.25, 0.3) is 11.8 Å². The van der Waals surface area contributed by atoms with E-state index in [0.29, 0.717) is 36.1 Å². The molecule has 0 bridgehead atoms. The second kappa shape index (κ2) is 7.63. The summed E-state index contributed by atoms with van der Waals surface area (Å²) >= 11 is 1.32. The number of amides is 2. The summed E-state index contributed by atoms with van der Waals surface area (Å²) in [5.74, 6) is 0.162. The molecule has 3 N–H and O–H groups in total. The largest absolute Gasteiger partial charge is 0.459 e. The van der Waals surface area contributed by atoms with E-state index in [0.717, 1.165) is 6.42 Å². The fourth-order valence-corrected chi connectivity index (χ4v) is 3.30. The highest BCUT2D eigenvalue weighted by Gasteiger charge is 2.28. The lowest BCUT2D eigenvalue weighted by atomic mass is 10.1. The third-order valence-electron chi connectivity index (χ3n) is 3.77. The van der Waals surface area contributed by atoms with Gasteiger partial charge in [0.15, 0.2) is 5.76 Å². The second-order valence-electron chi connectivity index (χ2n) is 5.24. The maximum atomic E-state index is 12.6. The molecule has 2 amide bonds. The summed E-state index contributed by atoms with van der Waals surface area (Å²) in [5, 5.41) is 5.07. The van der Waals surface area contributed by atoms with Gasteiger partial charge in [-0.1, -0.05) is 0 Å². The Kier molecular flexibility index (Phi) is 5.81. The number of carbonyl (C=O) groups excluding carboxylic acids is 2. The van der Waals surface area contributed by atoms with Gasteiger partial charge in [-0.3, -0.25) is 9.59 Å². The van der Waals surface area contributed by atoms with Crippen LogP contribution < -0.4 is 11.1 Å². The van der Waals surface area contributed by atoms with Crippen molar-refractivity contribution in [1.29, 1.82) is 0 Å². The Hall–Kier alpha value is -1.83. The van der Waals surface area contributed by atoms with Crippen molar-refractivity contribution in [3.63, 3.8) is 0 Å². The van der Waals surface area contributed by atoms with Crippen LogP contribution in [0.4, 0.5) is 5.00 Å². The van der Waals surface area contributed by atoms with Crippen LogP contribution >= 0.6 is 23.7 Å². The number of nitrogens with zero attached hydrogens (tertiary/aromatic N) is 1.